The Hall–Kier alpha value is -4.29. The molecular weight excluding hydrogens is 590 g/mol. The standard InChI is InChI=1S/C34H45N5O7/c1-16(2)18(4)10-17(3)14-36-15-20-13-23(38(6)7)21-11-19-12-22-27(39(8)9)30(42)26(33(45)35-5)32(44)34(22,37-46)31(43)24(19)29(41)25(21)28(20)40/h10,13,19,22,27,36,40,42-43H,11-12,14-15H2,1-9H3,(H,35,45)/b17-10+/t19-,22-,27?,34-/m0/s1. The quantitative estimate of drug-likeness (QED) is 0.153. The zero-order valence-electron chi connectivity index (χ0n) is 28.0. The van der Waals surface area contributed by atoms with Crippen LogP contribution in [0.3, 0.4) is 0 Å². The number of likely N-dealkylation sites (N-methyl/N-ethyl adjacent to an activating group) is 2. The number of carbonyl (C=O) groups is 3. The molecule has 1 unspecified atom stereocenters. The number of fused-ring (bicyclic) bond motifs is 3. The number of aliphatic hydroxyl groups is 2. The van der Waals surface area contributed by atoms with Crippen molar-refractivity contribution < 1.29 is 29.7 Å². The first-order valence-corrected chi connectivity index (χ1v) is 15.3. The molecule has 248 valence electrons. The number of anilines is 1. The third kappa shape index (κ3) is 5.43. The highest BCUT2D eigenvalue weighted by Crippen LogP contribution is 2.54. The molecule has 12 nitrogen and oxygen atoms in total. The number of rotatable bonds is 9. The molecule has 0 spiro atoms. The van der Waals surface area contributed by atoms with Crippen LogP contribution >= 0.6 is 0 Å². The number of nitrogens with one attached hydrogen (secondary N) is 2. The van der Waals surface area contributed by atoms with E-state index in [0.29, 0.717) is 23.4 Å². The minimum Gasteiger partial charge on any atom is -0.510 e. The van der Waals surface area contributed by atoms with Gasteiger partial charge in [0.2, 0.25) is 11.3 Å². The maximum atomic E-state index is 14.3. The Morgan fingerprint density at radius 3 is 2.30 bits per heavy atom. The SMILES string of the molecule is CNC(=O)C1=C(O)C(N(C)C)[C@@H]2C[C@@H]3Cc4c(N(C)C)cc(CNC/C(C)=C/C(C)=C(C)C)c(O)c4C(=O)C3=C(O)[C@]2(N=O)C1=O. The van der Waals surface area contributed by atoms with Gasteiger partial charge in [0.25, 0.3) is 5.91 Å². The Morgan fingerprint density at radius 1 is 1.11 bits per heavy atom. The van der Waals surface area contributed by atoms with Gasteiger partial charge in [-0.3, -0.25) is 19.3 Å². The van der Waals surface area contributed by atoms with E-state index in [2.05, 4.69) is 21.9 Å². The average molecular weight is 636 g/mol. The summed E-state index contributed by atoms with van der Waals surface area (Å²) in [5.41, 5.74) is 1.81. The number of nitroso groups, excluding NO2 is 1. The number of nitrogens with zero attached hydrogens (tertiary/aromatic N) is 3. The Kier molecular flexibility index (Phi) is 9.65. The molecule has 0 bridgehead atoms. The van der Waals surface area contributed by atoms with Gasteiger partial charge in [0, 0.05) is 57.0 Å². The number of aromatic hydroxyl groups is 1. The maximum Gasteiger partial charge on any atom is 0.258 e. The van der Waals surface area contributed by atoms with Crippen LogP contribution in [0, 0.1) is 16.7 Å². The monoisotopic (exact) mass is 635 g/mol. The first-order valence-electron chi connectivity index (χ1n) is 15.3. The van der Waals surface area contributed by atoms with Gasteiger partial charge in [-0.05, 0) is 77.4 Å². The highest BCUT2D eigenvalue weighted by molar-refractivity contribution is 6.25. The molecule has 5 N–H and O–H groups in total. The van der Waals surface area contributed by atoms with E-state index in [4.69, 9.17) is 0 Å². The summed E-state index contributed by atoms with van der Waals surface area (Å²) >= 11 is 0. The van der Waals surface area contributed by atoms with Gasteiger partial charge in [-0.15, -0.1) is 4.91 Å². The average Bonchev–Trinajstić information content (AvgIpc) is 2.97. The first kappa shape index (κ1) is 34.6. The third-order valence-electron chi connectivity index (χ3n) is 9.58. The highest BCUT2D eigenvalue weighted by atomic mass is 16.3. The van der Waals surface area contributed by atoms with Crippen molar-refractivity contribution in [3.8, 4) is 5.75 Å². The molecule has 0 aromatic heterocycles. The maximum absolute atomic E-state index is 14.3. The minimum absolute atomic E-state index is 0.00900. The number of benzene rings is 1. The number of Topliss-reactive ketones (excluding diaryl/α,β-unsaturated/α-hetero) is 2. The number of ketones is 2. The number of aliphatic hydroxyl groups excluding tert-OH is 2. The molecule has 12 heteroatoms. The number of allylic oxidation sites excluding steroid dienone is 4. The summed E-state index contributed by atoms with van der Waals surface area (Å²) in [5, 5.41) is 43.3. The molecule has 0 aliphatic heterocycles. The van der Waals surface area contributed by atoms with E-state index in [0.717, 1.165) is 11.1 Å². The molecule has 1 aromatic rings. The molecule has 3 aliphatic rings. The predicted molar refractivity (Wildman–Crippen MR) is 176 cm³/mol. The van der Waals surface area contributed by atoms with Crippen LogP contribution in [0.25, 0.3) is 0 Å². The zero-order chi connectivity index (χ0) is 34.4. The molecule has 4 rings (SSSR count). The van der Waals surface area contributed by atoms with Gasteiger partial charge in [0.05, 0.1) is 11.6 Å². The lowest BCUT2D eigenvalue weighted by Crippen LogP contribution is -2.63. The Morgan fingerprint density at radius 2 is 1.76 bits per heavy atom. The van der Waals surface area contributed by atoms with Gasteiger partial charge in [-0.1, -0.05) is 22.8 Å². The van der Waals surface area contributed by atoms with E-state index in [9.17, 15) is 34.6 Å². The molecule has 0 fully saturated rings. The Labute approximate surface area is 269 Å². The van der Waals surface area contributed by atoms with Crippen molar-refractivity contribution in [1.82, 2.24) is 15.5 Å². The lowest BCUT2D eigenvalue weighted by molar-refractivity contribution is -0.129. The van der Waals surface area contributed by atoms with Crippen molar-refractivity contribution >= 4 is 23.2 Å². The molecule has 46 heavy (non-hydrogen) atoms. The van der Waals surface area contributed by atoms with Crippen LogP contribution < -0.4 is 15.5 Å². The first-order chi connectivity index (χ1) is 21.5. The van der Waals surface area contributed by atoms with E-state index >= 15 is 0 Å². The van der Waals surface area contributed by atoms with Crippen molar-refractivity contribution in [3.63, 3.8) is 0 Å². The summed E-state index contributed by atoms with van der Waals surface area (Å²) in [4.78, 5) is 57.1. The van der Waals surface area contributed by atoms with E-state index in [1.54, 1.807) is 19.0 Å². The summed E-state index contributed by atoms with van der Waals surface area (Å²) in [7, 11) is 8.16. The summed E-state index contributed by atoms with van der Waals surface area (Å²) in [5.74, 6) is -6.17. The second kappa shape index (κ2) is 12.8. The van der Waals surface area contributed by atoms with Crippen LogP contribution in [0.5, 0.6) is 5.75 Å². The van der Waals surface area contributed by atoms with E-state index in [1.165, 1.54) is 12.6 Å². The molecule has 0 heterocycles. The van der Waals surface area contributed by atoms with Crippen molar-refractivity contribution in [1.29, 1.82) is 0 Å². The fourth-order valence-electron chi connectivity index (χ4n) is 7.10. The highest BCUT2D eigenvalue weighted by Gasteiger charge is 2.65. The number of phenolic OH excluding ortho intramolecular Hbond substituents is 1. The number of phenols is 1. The Balaban J connectivity index is 1.85. The van der Waals surface area contributed by atoms with Gasteiger partial charge in [-0.2, -0.15) is 0 Å². The number of hydrogen-bond donors (Lipinski definition) is 5. The molecule has 1 aromatic carbocycles. The van der Waals surface area contributed by atoms with Gasteiger partial charge in [0.1, 0.15) is 22.8 Å². The summed E-state index contributed by atoms with van der Waals surface area (Å²) < 4.78 is 0. The van der Waals surface area contributed by atoms with Crippen LogP contribution in [0.15, 0.2) is 56.7 Å². The van der Waals surface area contributed by atoms with Gasteiger partial charge >= 0.3 is 0 Å². The zero-order valence-corrected chi connectivity index (χ0v) is 28.0. The smallest absolute Gasteiger partial charge is 0.258 e. The fourth-order valence-corrected chi connectivity index (χ4v) is 7.10. The molecule has 0 saturated carbocycles. The van der Waals surface area contributed by atoms with Crippen molar-refractivity contribution in [2.24, 2.45) is 17.0 Å². The number of carbonyl (C=O) groups excluding carboxylic acids is 3. The largest absolute Gasteiger partial charge is 0.510 e. The van der Waals surface area contributed by atoms with Crippen LogP contribution in [-0.4, -0.2) is 91.1 Å². The fraction of sp³-hybridized carbons (Fsp3) is 0.500. The molecule has 3 aliphatic carbocycles. The number of hydrogen-bond acceptors (Lipinski definition) is 11. The van der Waals surface area contributed by atoms with Crippen molar-refractivity contribution in [2.75, 3.05) is 46.7 Å². The minimum atomic E-state index is -2.52. The van der Waals surface area contributed by atoms with Crippen LogP contribution in [0.1, 0.15) is 55.6 Å². The van der Waals surface area contributed by atoms with Crippen LogP contribution in [-0.2, 0) is 22.6 Å². The van der Waals surface area contributed by atoms with E-state index in [-0.39, 0.29) is 36.3 Å². The van der Waals surface area contributed by atoms with Gasteiger partial charge < -0.3 is 30.9 Å². The van der Waals surface area contributed by atoms with Gasteiger partial charge in [-0.25, -0.2) is 0 Å². The lowest BCUT2D eigenvalue weighted by Gasteiger charge is -2.49. The second-order valence-electron chi connectivity index (χ2n) is 13.2. The summed E-state index contributed by atoms with van der Waals surface area (Å²) in [6.07, 6.45) is 2.33. The topological polar surface area (TPSA) is 172 Å². The molecule has 0 radical (unpaired) electrons. The molecular formula is C34H45N5O7. The normalized spacial score (nSPS) is 24.4. The predicted octanol–water partition coefficient (Wildman–Crippen LogP) is 3.61. The van der Waals surface area contributed by atoms with Gasteiger partial charge in [0.15, 0.2) is 5.78 Å². The number of amides is 1. The van der Waals surface area contributed by atoms with Crippen LogP contribution in [0.2, 0.25) is 0 Å². The van der Waals surface area contributed by atoms with E-state index < -0.39 is 58.0 Å². The third-order valence-corrected chi connectivity index (χ3v) is 9.58. The summed E-state index contributed by atoms with van der Waals surface area (Å²) in [6.45, 7) is 8.91. The lowest BCUT2D eigenvalue weighted by atomic mass is 9.57. The Bertz CT molecular complexity index is 1630. The molecule has 4 atom stereocenters. The summed E-state index contributed by atoms with van der Waals surface area (Å²) in [6, 6.07) is 0.802. The van der Waals surface area contributed by atoms with Crippen LogP contribution in [0.4, 0.5) is 5.69 Å². The molecule has 0 saturated heterocycles. The second-order valence-corrected chi connectivity index (χ2v) is 13.2. The molecule has 1 amide bonds. The van der Waals surface area contributed by atoms with E-state index in [1.807, 2.05) is 52.8 Å². The van der Waals surface area contributed by atoms with Crippen molar-refractivity contribution in [3.05, 3.63) is 73.1 Å². The van der Waals surface area contributed by atoms with Crippen molar-refractivity contribution in [2.45, 2.75) is 58.7 Å².